The summed E-state index contributed by atoms with van der Waals surface area (Å²) in [6.07, 6.45) is 4.22. The molecule has 4 rings (SSSR count). The molecule has 2 fully saturated rings. The molecule has 3 N–H and O–H groups in total. The summed E-state index contributed by atoms with van der Waals surface area (Å²) in [4.78, 5) is 44.2. The molecule has 1 aromatic heterocycles. The molecular formula is C28H39N5O5. The van der Waals surface area contributed by atoms with Crippen LogP contribution in [0.15, 0.2) is 29.3 Å². The summed E-state index contributed by atoms with van der Waals surface area (Å²) >= 11 is 0. The van der Waals surface area contributed by atoms with Crippen LogP contribution < -0.4 is 5.73 Å². The van der Waals surface area contributed by atoms with Gasteiger partial charge in [-0.2, -0.15) is 4.99 Å². The minimum absolute atomic E-state index is 0.0812. The number of fused-ring (bicyclic) bond motifs is 1. The molecule has 0 bridgehead atoms. The summed E-state index contributed by atoms with van der Waals surface area (Å²) in [5.74, 6) is -0.689. The third kappa shape index (κ3) is 6.18. The second kappa shape index (κ2) is 12.0. The topological polar surface area (TPSA) is 130 Å². The Hall–Kier alpha value is -3.40. The number of carbonyl (C=O) groups excluding carboxylic acids is 2. The van der Waals surface area contributed by atoms with Crippen molar-refractivity contribution < 1.29 is 24.2 Å². The number of hydrogen-bond acceptors (Lipinski definition) is 5. The van der Waals surface area contributed by atoms with Crippen molar-refractivity contribution in [1.82, 2.24) is 14.4 Å². The highest BCUT2D eigenvalue weighted by atomic mass is 16.6. The summed E-state index contributed by atoms with van der Waals surface area (Å²) in [5, 5.41) is 10.3. The first-order chi connectivity index (χ1) is 18.2. The van der Waals surface area contributed by atoms with Gasteiger partial charge >= 0.3 is 12.1 Å². The molecular weight excluding hydrogens is 486 g/mol. The van der Waals surface area contributed by atoms with E-state index in [4.69, 9.17) is 10.5 Å². The van der Waals surface area contributed by atoms with Crippen molar-refractivity contribution in [3.8, 4) is 0 Å². The van der Waals surface area contributed by atoms with E-state index in [-0.39, 0.29) is 36.5 Å². The van der Waals surface area contributed by atoms with E-state index >= 15 is 0 Å². The number of aryl methyl sites for hydroxylation is 2. The molecule has 38 heavy (non-hydrogen) atoms. The van der Waals surface area contributed by atoms with Crippen LogP contribution in [-0.4, -0.2) is 81.1 Å². The highest BCUT2D eigenvalue weighted by Crippen LogP contribution is 2.29. The van der Waals surface area contributed by atoms with Gasteiger partial charge in [0.2, 0.25) is 5.91 Å². The maximum atomic E-state index is 13.4. The summed E-state index contributed by atoms with van der Waals surface area (Å²) < 4.78 is 7.31. The van der Waals surface area contributed by atoms with Crippen molar-refractivity contribution in [3.05, 3.63) is 35.5 Å². The molecule has 2 aromatic rings. The van der Waals surface area contributed by atoms with Gasteiger partial charge in [-0.1, -0.05) is 12.1 Å². The smallest absolute Gasteiger partial charge is 0.435 e. The number of ether oxygens (including phenoxy) is 1. The van der Waals surface area contributed by atoms with Crippen LogP contribution in [0, 0.1) is 0 Å². The number of likely N-dealkylation sites (tertiary alicyclic amines) is 2. The van der Waals surface area contributed by atoms with Gasteiger partial charge in [-0.25, -0.2) is 4.79 Å². The van der Waals surface area contributed by atoms with Crippen LogP contribution in [0.25, 0.3) is 10.9 Å². The van der Waals surface area contributed by atoms with Crippen LogP contribution in [0.1, 0.15) is 64.1 Å². The molecule has 2 amide bonds. The standard InChI is InChI=1S/C28H39N5O5/c1-4-32-22(15-19-9-10-20(16-24(19)32)26(29)30-28(37)38-18(2)3)12-11-21-7-5-14-33(21)27(36)23-8-6-13-31(23)17-25(34)35/h9-10,15-16,18,21,23H,4-8,11-14,17H2,1-3H3,(H,34,35)(H2,29,30,37)/t21-,23+/m0/s1. The molecule has 0 aliphatic carbocycles. The largest absolute Gasteiger partial charge is 0.480 e. The first-order valence-corrected chi connectivity index (χ1v) is 13.6. The summed E-state index contributed by atoms with van der Waals surface area (Å²) in [6, 6.07) is 7.80. The second-order valence-corrected chi connectivity index (χ2v) is 10.5. The Morgan fingerprint density at radius 1 is 1.16 bits per heavy atom. The van der Waals surface area contributed by atoms with Gasteiger partial charge < -0.3 is 25.0 Å². The van der Waals surface area contributed by atoms with Gasteiger partial charge in [0, 0.05) is 35.9 Å². The number of aliphatic imine (C=N–C) groups is 1. The van der Waals surface area contributed by atoms with Crippen LogP contribution in [0.4, 0.5) is 4.79 Å². The van der Waals surface area contributed by atoms with E-state index in [9.17, 15) is 19.5 Å². The summed E-state index contributed by atoms with van der Waals surface area (Å²) in [7, 11) is 0. The van der Waals surface area contributed by atoms with Crippen LogP contribution in [0.5, 0.6) is 0 Å². The van der Waals surface area contributed by atoms with Crippen molar-refractivity contribution in [2.45, 2.75) is 84.0 Å². The Balaban J connectivity index is 1.47. The maximum absolute atomic E-state index is 13.4. The van der Waals surface area contributed by atoms with Crippen LogP contribution in [0.3, 0.4) is 0 Å². The molecule has 10 heteroatoms. The van der Waals surface area contributed by atoms with Crippen molar-refractivity contribution in [3.63, 3.8) is 0 Å². The third-order valence-electron chi connectivity index (χ3n) is 7.53. The predicted octanol–water partition coefficient (Wildman–Crippen LogP) is 3.38. The zero-order valence-electron chi connectivity index (χ0n) is 22.6. The maximum Gasteiger partial charge on any atom is 0.435 e. The van der Waals surface area contributed by atoms with E-state index in [1.165, 1.54) is 5.69 Å². The van der Waals surface area contributed by atoms with Crippen molar-refractivity contribution in [2.75, 3.05) is 19.6 Å². The molecule has 0 spiro atoms. The van der Waals surface area contributed by atoms with Gasteiger partial charge in [-0.05, 0) is 83.4 Å². The first kappa shape index (κ1) is 27.6. The van der Waals surface area contributed by atoms with Crippen molar-refractivity contribution in [1.29, 1.82) is 0 Å². The predicted molar refractivity (Wildman–Crippen MR) is 145 cm³/mol. The van der Waals surface area contributed by atoms with Gasteiger partial charge in [0.05, 0.1) is 18.7 Å². The lowest BCUT2D eigenvalue weighted by molar-refractivity contribution is -0.141. The van der Waals surface area contributed by atoms with Gasteiger partial charge in [-0.3, -0.25) is 14.5 Å². The van der Waals surface area contributed by atoms with E-state index in [1.807, 2.05) is 28.0 Å². The molecule has 2 atom stereocenters. The molecule has 206 valence electrons. The van der Waals surface area contributed by atoms with Gasteiger partial charge in [-0.15, -0.1) is 0 Å². The van der Waals surface area contributed by atoms with E-state index in [2.05, 4.69) is 22.5 Å². The third-order valence-corrected chi connectivity index (χ3v) is 7.53. The Morgan fingerprint density at radius 2 is 1.92 bits per heavy atom. The minimum atomic E-state index is -0.887. The Kier molecular flexibility index (Phi) is 8.71. The molecule has 10 nitrogen and oxygen atoms in total. The number of nitrogens with two attached hydrogens (primary N) is 1. The molecule has 0 saturated carbocycles. The van der Waals surface area contributed by atoms with Crippen LogP contribution in [-0.2, 0) is 27.3 Å². The average molecular weight is 526 g/mol. The molecule has 2 aliphatic rings. The Morgan fingerprint density at radius 3 is 2.63 bits per heavy atom. The lowest BCUT2D eigenvalue weighted by atomic mass is 10.1. The minimum Gasteiger partial charge on any atom is -0.480 e. The monoisotopic (exact) mass is 525 g/mol. The number of rotatable bonds is 9. The van der Waals surface area contributed by atoms with Gasteiger partial charge in [0.25, 0.3) is 0 Å². The molecule has 0 radical (unpaired) electrons. The molecule has 3 heterocycles. The van der Waals surface area contributed by atoms with Crippen molar-refractivity contribution in [2.24, 2.45) is 10.7 Å². The number of carbonyl (C=O) groups is 3. The Labute approximate surface area is 223 Å². The van der Waals surface area contributed by atoms with E-state index in [1.54, 1.807) is 13.8 Å². The SMILES string of the molecule is CCn1c(CC[C@@H]2CCCN2C(=O)[C@H]2CCCN2CC(=O)O)cc2ccc(C(N)=NC(=O)OC(C)C)cc21. The average Bonchev–Trinajstić information content (AvgIpc) is 3.58. The zero-order chi connectivity index (χ0) is 27.4. The van der Waals surface area contributed by atoms with Crippen molar-refractivity contribution >= 4 is 34.7 Å². The number of nitrogens with zero attached hydrogens (tertiary/aromatic N) is 4. The lowest BCUT2D eigenvalue weighted by Crippen LogP contribution is -2.48. The number of amidine groups is 1. The number of hydrogen-bond donors (Lipinski definition) is 2. The fraction of sp³-hybridized carbons (Fsp3) is 0.571. The highest BCUT2D eigenvalue weighted by molar-refractivity contribution is 6.04. The summed E-state index contributed by atoms with van der Waals surface area (Å²) in [6.45, 7) is 7.70. The number of aliphatic carboxylic acids is 1. The molecule has 2 aliphatic heterocycles. The molecule has 2 saturated heterocycles. The van der Waals surface area contributed by atoms with E-state index in [0.29, 0.717) is 12.1 Å². The van der Waals surface area contributed by atoms with Gasteiger partial charge in [0.1, 0.15) is 5.84 Å². The van der Waals surface area contributed by atoms with E-state index in [0.717, 1.165) is 62.5 Å². The Bertz CT molecular complexity index is 1220. The summed E-state index contributed by atoms with van der Waals surface area (Å²) in [5.41, 5.74) is 8.96. The number of carboxylic acid groups (broad SMARTS) is 1. The zero-order valence-corrected chi connectivity index (χ0v) is 22.6. The fourth-order valence-electron chi connectivity index (χ4n) is 5.84. The molecule has 1 aromatic carbocycles. The highest BCUT2D eigenvalue weighted by Gasteiger charge is 2.38. The number of carboxylic acids is 1. The van der Waals surface area contributed by atoms with Gasteiger partial charge in [0.15, 0.2) is 0 Å². The van der Waals surface area contributed by atoms with Crippen LogP contribution in [0.2, 0.25) is 0 Å². The number of benzene rings is 1. The quantitative estimate of drug-likeness (QED) is 0.379. The number of amides is 2. The number of aromatic nitrogens is 1. The fourth-order valence-corrected chi connectivity index (χ4v) is 5.84. The van der Waals surface area contributed by atoms with E-state index < -0.39 is 12.1 Å². The normalized spacial score (nSPS) is 20.5. The lowest BCUT2D eigenvalue weighted by Gasteiger charge is -2.31. The second-order valence-electron chi connectivity index (χ2n) is 10.5. The first-order valence-electron chi connectivity index (χ1n) is 13.6. The van der Waals surface area contributed by atoms with Crippen LogP contribution >= 0.6 is 0 Å². The molecule has 0 unspecified atom stereocenters.